The number of nitrogens with zero attached hydrogens (tertiary/aromatic N) is 1. The lowest BCUT2D eigenvalue weighted by atomic mass is 10.0. The lowest BCUT2D eigenvalue weighted by Gasteiger charge is -2.22. The molecule has 2 aliphatic carbocycles. The summed E-state index contributed by atoms with van der Waals surface area (Å²) in [7, 11) is 3.06. The molecule has 146 valence electrons. The average molecular weight is 393 g/mol. The first-order valence-electron chi connectivity index (χ1n) is 9.54. The molecule has 0 aromatic heterocycles. The van der Waals surface area contributed by atoms with E-state index in [1.807, 2.05) is 0 Å². The average Bonchev–Trinajstić information content (AvgIpc) is 3.57. The second-order valence-corrected chi connectivity index (χ2v) is 8.18. The molecule has 2 saturated carbocycles. The number of carbonyl (C=O) groups is 2. The zero-order valence-electron chi connectivity index (χ0n) is 15.7. The van der Waals surface area contributed by atoms with Crippen LogP contribution in [0.2, 0.25) is 5.02 Å². The van der Waals surface area contributed by atoms with E-state index >= 15 is 0 Å². The van der Waals surface area contributed by atoms with Gasteiger partial charge in [0.05, 0.1) is 30.8 Å². The van der Waals surface area contributed by atoms with E-state index in [9.17, 15) is 9.59 Å². The molecule has 1 atom stereocenters. The van der Waals surface area contributed by atoms with E-state index in [1.54, 1.807) is 17.0 Å². The summed E-state index contributed by atoms with van der Waals surface area (Å²) in [6.07, 6.45) is 5.04. The predicted molar refractivity (Wildman–Crippen MR) is 102 cm³/mol. The van der Waals surface area contributed by atoms with Gasteiger partial charge in [-0.2, -0.15) is 0 Å². The van der Waals surface area contributed by atoms with Crippen LogP contribution >= 0.6 is 11.6 Å². The molecule has 0 bridgehead atoms. The topological polar surface area (TPSA) is 67.9 Å². The van der Waals surface area contributed by atoms with Crippen LogP contribution in [0.5, 0.6) is 11.5 Å². The highest BCUT2D eigenvalue weighted by molar-refractivity contribution is 6.32. The molecule has 1 aliphatic heterocycles. The van der Waals surface area contributed by atoms with Gasteiger partial charge in [-0.15, -0.1) is 0 Å². The van der Waals surface area contributed by atoms with E-state index in [1.165, 1.54) is 39.9 Å². The Morgan fingerprint density at radius 1 is 1.15 bits per heavy atom. The van der Waals surface area contributed by atoms with Gasteiger partial charge in [-0.3, -0.25) is 9.59 Å². The molecule has 2 amide bonds. The van der Waals surface area contributed by atoms with Crippen molar-refractivity contribution >= 4 is 29.1 Å². The number of carbonyl (C=O) groups excluding carboxylic acids is 2. The molecule has 1 unspecified atom stereocenters. The molecule has 0 radical (unpaired) electrons. The molecule has 7 heteroatoms. The normalized spacial score (nSPS) is 22.3. The summed E-state index contributed by atoms with van der Waals surface area (Å²) in [6.45, 7) is 0.339. The Hall–Kier alpha value is -1.95. The summed E-state index contributed by atoms with van der Waals surface area (Å²) in [5.41, 5.74) is 0.574. The quantitative estimate of drug-likeness (QED) is 0.774. The largest absolute Gasteiger partial charge is 0.495 e. The number of hydrogen-bond donors (Lipinski definition) is 1. The van der Waals surface area contributed by atoms with Gasteiger partial charge in [-0.25, -0.2) is 0 Å². The number of nitrogens with one attached hydrogen (secondary N) is 1. The van der Waals surface area contributed by atoms with Crippen molar-refractivity contribution in [2.75, 3.05) is 25.7 Å². The molecule has 0 spiro atoms. The smallest absolute Gasteiger partial charge is 0.227 e. The number of methoxy groups -OCH3 is 2. The zero-order chi connectivity index (χ0) is 19.1. The van der Waals surface area contributed by atoms with Crippen molar-refractivity contribution < 1.29 is 19.1 Å². The first-order chi connectivity index (χ1) is 13.0. The van der Waals surface area contributed by atoms with Crippen LogP contribution in [0, 0.1) is 17.8 Å². The van der Waals surface area contributed by atoms with Gasteiger partial charge in [-0.05, 0) is 43.6 Å². The van der Waals surface area contributed by atoms with E-state index in [0.717, 1.165) is 0 Å². The van der Waals surface area contributed by atoms with Crippen molar-refractivity contribution in [3.63, 3.8) is 0 Å². The highest BCUT2D eigenvalue weighted by atomic mass is 35.5. The number of ether oxygens (including phenoxy) is 2. The number of halogens is 1. The molecule has 27 heavy (non-hydrogen) atoms. The number of anilines is 1. The van der Waals surface area contributed by atoms with Crippen LogP contribution in [-0.2, 0) is 9.59 Å². The Morgan fingerprint density at radius 3 is 2.33 bits per heavy atom. The molecule has 1 heterocycles. The first kappa shape index (κ1) is 18.4. The minimum Gasteiger partial charge on any atom is -0.495 e. The second kappa shape index (κ2) is 7.23. The molecule has 3 fully saturated rings. The minimum absolute atomic E-state index is 0.00627. The second-order valence-electron chi connectivity index (χ2n) is 7.77. The van der Waals surface area contributed by atoms with Crippen molar-refractivity contribution in [3.05, 3.63) is 17.2 Å². The van der Waals surface area contributed by atoms with Gasteiger partial charge in [0, 0.05) is 25.1 Å². The Kier molecular flexibility index (Phi) is 4.93. The van der Waals surface area contributed by atoms with Crippen LogP contribution in [0.3, 0.4) is 0 Å². The number of rotatable bonds is 7. The molecule has 1 N–H and O–H groups in total. The Bertz CT molecular complexity index is 749. The van der Waals surface area contributed by atoms with Crippen molar-refractivity contribution in [3.8, 4) is 11.5 Å². The zero-order valence-corrected chi connectivity index (χ0v) is 16.4. The van der Waals surface area contributed by atoms with E-state index < -0.39 is 0 Å². The van der Waals surface area contributed by atoms with E-state index in [-0.39, 0.29) is 24.2 Å². The van der Waals surface area contributed by atoms with Crippen molar-refractivity contribution in [2.24, 2.45) is 17.8 Å². The first-order valence-corrected chi connectivity index (χ1v) is 9.92. The fourth-order valence-corrected chi connectivity index (χ4v) is 4.22. The molecule has 4 rings (SSSR count). The van der Waals surface area contributed by atoms with Crippen molar-refractivity contribution in [2.45, 2.75) is 38.1 Å². The summed E-state index contributed by atoms with van der Waals surface area (Å²) in [5, 5.41) is 3.64. The van der Waals surface area contributed by atoms with Crippen LogP contribution in [0.15, 0.2) is 12.1 Å². The third kappa shape index (κ3) is 3.72. The SMILES string of the molecule is COc1cc(OC)c(N2CC(C(=O)NC(C3CC3)C3CC3)CC2=O)cc1Cl. The maximum Gasteiger partial charge on any atom is 0.227 e. The van der Waals surface area contributed by atoms with E-state index in [4.69, 9.17) is 21.1 Å². The maximum atomic E-state index is 12.8. The van der Waals surface area contributed by atoms with Gasteiger partial charge >= 0.3 is 0 Å². The maximum absolute atomic E-state index is 12.8. The van der Waals surface area contributed by atoms with Gasteiger partial charge < -0.3 is 19.7 Å². The Labute approximate surface area is 164 Å². The highest BCUT2D eigenvalue weighted by Crippen LogP contribution is 2.45. The van der Waals surface area contributed by atoms with Crippen LogP contribution in [0.1, 0.15) is 32.1 Å². The molecule has 1 aromatic carbocycles. The molecule has 6 nitrogen and oxygen atoms in total. The molecule has 1 aromatic rings. The summed E-state index contributed by atoms with van der Waals surface area (Å²) in [6, 6.07) is 3.62. The molecular weight excluding hydrogens is 368 g/mol. The lowest BCUT2D eigenvalue weighted by molar-refractivity contribution is -0.127. The van der Waals surface area contributed by atoms with E-state index in [0.29, 0.717) is 46.6 Å². The van der Waals surface area contributed by atoms with Crippen molar-refractivity contribution in [1.29, 1.82) is 0 Å². The fraction of sp³-hybridized carbons (Fsp3) is 0.600. The summed E-state index contributed by atoms with van der Waals surface area (Å²) in [5.74, 6) is 1.81. The van der Waals surface area contributed by atoms with Gasteiger partial charge in [0.1, 0.15) is 11.5 Å². The third-order valence-corrected chi connectivity index (χ3v) is 6.10. The number of hydrogen-bond acceptors (Lipinski definition) is 4. The lowest BCUT2D eigenvalue weighted by Crippen LogP contribution is -2.42. The minimum atomic E-state index is -0.344. The molecule has 3 aliphatic rings. The molecule has 1 saturated heterocycles. The number of amides is 2. The standard InChI is InChI=1S/C20H25ClN2O4/c1-26-16-9-17(27-2)15(8-14(16)21)23-10-13(7-18(23)24)20(25)22-19(11-3-4-11)12-5-6-12/h8-9,11-13,19H,3-7,10H2,1-2H3,(H,22,25). The Balaban J connectivity index is 1.49. The monoisotopic (exact) mass is 392 g/mol. The van der Waals surface area contributed by atoms with Crippen LogP contribution < -0.4 is 19.7 Å². The third-order valence-electron chi connectivity index (χ3n) is 5.81. The number of benzene rings is 1. The van der Waals surface area contributed by atoms with Crippen LogP contribution in [-0.4, -0.2) is 38.6 Å². The van der Waals surface area contributed by atoms with Gasteiger partial charge in [0.2, 0.25) is 11.8 Å². The molecular formula is C20H25ClN2O4. The fourth-order valence-electron chi connectivity index (χ4n) is 3.98. The van der Waals surface area contributed by atoms with E-state index in [2.05, 4.69) is 5.32 Å². The van der Waals surface area contributed by atoms with Gasteiger partial charge in [-0.1, -0.05) is 11.6 Å². The predicted octanol–water partition coefficient (Wildman–Crippen LogP) is 3.01. The van der Waals surface area contributed by atoms with Gasteiger partial charge in [0.25, 0.3) is 0 Å². The summed E-state index contributed by atoms with van der Waals surface area (Å²) >= 11 is 6.24. The Morgan fingerprint density at radius 2 is 1.78 bits per heavy atom. The van der Waals surface area contributed by atoms with Crippen LogP contribution in [0.4, 0.5) is 5.69 Å². The summed E-state index contributed by atoms with van der Waals surface area (Å²) < 4.78 is 10.6. The van der Waals surface area contributed by atoms with Crippen molar-refractivity contribution in [1.82, 2.24) is 5.32 Å². The van der Waals surface area contributed by atoms with Crippen LogP contribution in [0.25, 0.3) is 0 Å². The van der Waals surface area contributed by atoms with Gasteiger partial charge in [0.15, 0.2) is 0 Å². The summed E-state index contributed by atoms with van der Waals surface area (Å²) in [4.78, 5) is 27.0. The highest BCUT2D eigenvalue weighted by Gasteiger charge is 2.44.